The second kappa shape index (κ2) is 5.96. The molecule has 5 unspecified atom stereocenters. The molecule has 3 rings (SSSR count). The molecule has 1 heterocycles. The van der Waals surface area contributed by atoms with Gasteiger partial charge in [-0.25, -0.2) is 4.79 Å². The topological polar surface area (TPSA) is 61.8 Å². The van der Waals surface area contributed by atoms with Crippen LogP contribution in [0.3, 0.4) is 0 Å². The van der Waals surface area contributed by atoms with Crippen molar-refractivity contribution in [3.63, 3.8) is 0 Å². The minimum atomic E-state index is -4.59. The zero-order valence-corrected chi connectivity index (χ0v) is 13.5. The molecule has 3 fully saturated rings. The van der Waals surface area contributed by atoms with Gasteiger partial charge in [-0.05, 0) is 25.7 Å². The Morgan fingerprint density at radius 1 is 1.24 bits per heavy atom. The number of carbonyl (C=O) groups excluding carboxylic acids is 2. The van der Waals surface area contributed by atoms with Gasteiger partial charge in [0.2, 0.25) is 0 Å². The highest BCUT2D eigenvalue weighted by atomic mass is 19.3. The van der Waals surface area contributed by atoms with E-state index in [1.165, 1.54) is 6.92 Å². The summed E-state index contributed by atoms with van der Waals surface area (Å²) in [6.45, 7) is 1.08. The average molecular weight is 366 g/mol. The highest BCUT2D eigenvalue weighted by Gasteiger charge is 2.64. The van der Waals surface area contributed by atoms with E-state index in [2.05, 4.69) is 11.3 Å². The summed E-state index contributed by atoms with van der Waals surface area (Å²) in [5, 5.41) is 0. The summed E-state index contributed by atoms with van der Waals surface area (Å²) in [6.07, 6.45) is -0.346. The van der Waals surface area contributed by atoms with E-state index >= 15 is 0 Å². The monoisotopic (exact) mass is 366 g/mol. The van der Waals surface area contributed by atoms with Crippen LogP contribution in [0.5, 0.6) is 0 Å². The molecule has 0 N–H and O–H groups in total. The fourth-order valence-corrected chi connectivity index (χ4v) is 3.82. The number of hydrogen-bond donors (Lipinski definition) is 0. The fraction of sp³-hybridized carbons (Fsp3) is 0.750. The summed E-state index contributed by atoms with van der Waals surface area (Å²) < 4.78 is 69.5. The molecular formula is C16H18F4O5. The van der Waals surface area contributed by atoms with Gasteiger partial charge in [0.1, 0.15) is 12.7 Å². The summed E-state index contributed by atoms with van der Waals surface area (Å²) >= 11 is 0. The highest BCUT2D eigenvalue weighted by molar-refractivity contribution is 5.86. The molecule has 140 valence electrons. The first-order chi connectivity index (χ1) is 11.5. The lowest BCUT2D eigenvalue weighted by Gasteiger charge is -2.30. The zero-order chi connectivity index (χ0) is 18.6. The average Bonchev–Trinajstić information content (AvgIpc) is 3.13. The smallest absolute Gasteiger partial charge is 0.345 e. The van der Waals surface area contributed by atoms with Crippen LogP contribution in [0.1, 0.15) is 19.8 Å². The number of ether oxygens (including phenoxy) is 3. The standard InChI is InChI=1S/C16H18F4O5/c1-7(2)13(21)24-6-16(19,20)15(17,18)5-23-11-8-3-9-10(4-8)14(22)25-12(9)11/h8-12H,1,3-6H2,2H3. The quantitative estimate of drug-likeness (QED) is 0.393. The Morgan fingerprint density at radius 3 is 2.52 bits per heavy atom. The third-order valence-electron chi connectivity index (χ3n) is 5.14. The molecule has 1 aliphatic heterocycles. The maximum atomic E-state index is 13.9. The Bertz CT molecular complexity index is 605. The van der Waals surface area contributed by atoms with Gasteiger partial charge in [-0.2, -0.15) is 17.6 Å². The molecule has 2 bridgehead atoms. The lowest BCUT2D eigenvalue weighted by molar-refractivity contribution is -0.257. The molecule has 2 aliphatic carbocycles. The van der Waals surface area contributed by atoms with Crippen molar-refractivity contribution < 1.29 is 41.4 Å². The number of rotatable bonds is 7. The summed E-state index contributed by atoms with van der Waals surface area (Å²) in [6, 6.07) is 0. The van der Waals surface area contributed by atoms with Gasteiger partial charge in [-0.15, -0.1) is 0 Å². The lowest BCUT2D eigenvalue weighted by atomic mass is 9.88. The van der Waals surface area contributed by atoms with Gasteiger partial charge in [0.15, 0.2) is 6.61 Å². The van der Waals surface area contributed by atoms with Crippen LogP contribution in [0.4, 0.5) is 17.6 Å². The molecule has 0 spiro atoms. The highest BCUT2D eigenvalue weighted by Crippen LogP contribution is 2.55. The molecule has 1 saturated heterocycles. The van der Waals surface area contributed by atoms with E-state index in [0.717, 1.165) is 0 Å². The Morgan fingerprint density at radius 2 is 1.88 bits per heavy atom. The Balaban J connectivity index is 1.57. The number of carbonyl (C=O) groups is 2. The lowest BCUT2D eigenvalue weighted by Crippen LogP contribution is -2.49. The number of halogens is 4. The summed E-state index contributed by atoms with van der Waals surface area (Å²) in [4.78, 5) is 22.7. The number of fused-ring (bicyclic) bond motifs is 1. The maximum absolute atomic E-state index is 13.9. The Labute approximate surface area is 141 Å². The van der Waals surface area contributed by atoms with Crippen LogP contribution < -0.4 is 0 Å². The molecule has 0 aromatic rings. The summed E-state index contributed by atoms with van der Waals surface area (Å²) in [7, 11) is 0. The fourth-order valence-electron chi connectivity index (χ4n) is 3.82. The predicted octanol–water partition coefficient (Wildman–Crippen LogP) is 2.34. The molecule has 0 aromatic heterocycles. The summed E-state index contributed by atoms with van der Waals surface area (Å²) in [5.74, 6) is -11.1. The van der Waals surface area contributed by atoms with Crippen LogP contribution in [0.15, 0.2) is 12.2 Å². The van der Waals surface area contributed by atoms with Crippen molar-refractivity contribution in [3.8, 4) is 0 Å². The molecule has 0 amide bonds. The van der Waals surface area contributed by atoms with Gasteiger partial charge < -0.3 is 14.2 Å². The van der Waals surface area contributed by atoms with Crippen LogP contribution in [0.25, 0.3) is 0 Å². The molecule has 0 aromatic carbocycles. The first-order valence-electron chi connectivity index (χ1n) is 7.94. The van der Waals surface area contributed by atoms with E-state index in [1.807, 2.05) is 0 Å². The third-order valence-corrected chi connectivity index (χ3v) is 5.14. The van der Waals surface area contributed by atoms with Crippen molar-refractivity contribution in [2.45, 2.75) is 43.8 Å². The van der Waals surface area contributed by atoms with Crippen LogP contribution in [0.2, 0.25) is 0 Å². The first kappa shape index (κ1) is 18.2. The minimum Gasteiger partial charge on any atom is -0.459 e. The van der Waals surface area contributed by atoms with Crippen LogP contribution in [0, 0.1) is 17.8 Å². The molecule has 3 aliphatic rings. The molecular weight excluding hydrogens is 348 g/mol. The van der Waals surface area contributed by atoms with Crippen LogP contribution in [-0.2, 0) is 23.8 Å². The normalized spacial score (nSPS) is 33.5. The molecule has 2 saturated carbocycles. The van der Waals surface area contributed by atoms with E-state index in [4.69, 9.17) is 9.47 Å². The van der Waals surface area contributed by atoms with Crippen LogP contribution >= 0.6 is 0 Å². The third kappa shape index (κ3) is 3.02. The van der Waals surface area contributed by atoms with Crippen molar-refractivity contribution in [2.24, 2.45) is 17.8 Å². The zero-order valence-electron chi connectivity index (χ0n) is 13.5. The van der Waals surface area contributed by atoms with Gasteiger partial charge in [0, 0.05) is 11.5 Å². The molecule has 5 atom stereocenters. The number of alkyl halides is 4. The van der Waals surface area contributed by atoms with Crippen molar-refractivity contribution in [1.82, 2.24) is 0 Å². The van der Waals surface area contributed by atoms with E-state index in [1.54, 1.807) is 0 Å². The second-order valence-electron chi connectivity index (χ2n) is 6.94. The van der Waals surface area contributed by atoms with E-state index in [-0.39, 0.29) is 29.3 Å². The molecule has 25 heavy (non-hydrogen) atoms. The van der Waals surface area contributed by atoms with Crippen molar-refractivity contribution in [3.05, 3.63) is 12.2 Å². The molecule has 0 radical (unpaired) electrons. The largest absolute Gasteiger partial charge is 0.459 e. The van der Waals surface area contributed by atoms with Gasteiger partial charge in [0.05, 0.1) is 12.0 Å². The van der Waals surface area contributed by atoms with Gasteiger partial charge in [0.25, 0.3) is 0 Å². The predicted molar refractivity (Wildman–Crippen MR) is 75.0 cm³/mol. The minimum absolute atomic E-state index is 0.0758. The number of esters is 2. The van der Waals surface area contributed by atoms with Gasteiger partial charge in [-0.3, -0.25) is 4.79 Å². The Hall–Kier alpha value is -1.64. The summed E-state index contributed by atoms with van der Waals surface area (Å²) in [5.41, 5.74) is -0.171. The van der Waals surface area contributed by atoms with Crippen molar-refractivity contribution in [1.29, 1.82) is 0 Å². The Kier molecular flexibility index (Phi) is 4.33. The maximum Gasteiger partial charge on any atom is 0.345 e. The number of hydrogen-bond acceptors (Lipinski definition) is 5. The van der Waals surface area contributed by atoms with Crippen molar-refractivity contribution in [2.75, 3.05) is 13.2 Å². The van der Waals surface area contributed by atoms with Crippen molar-refractivity contribution >= 4 is 11.9 Å². The first-order valence-corrected chi connectivity index (χ1v) is 7.94. The SMILES string of the molecule is C=C(C)C(=O)OCC(F)(F)C(F)(F)COC1C2CC3C(=O)OC1C3C2. The van der Waals surface area contributed by atoms with Crippen LogP contribution in [-0.4, -0.2) is 49.2 Å². The van der Waals surface area contributed by atoms with E-state index in [0.29, 0.717) is 12.8 Å². The van der Waals surface area contributed by atoms with E-state index < -0.39 is 43.2 Å². The molecule has 5 nitrogen and oxygen atoms in total. The van der Waals surface area contributed by atoms with Gasteiger partial charge >= 0.3 is 23.8 Å². The second-order valence-corrected chi connectivity index (χ2v) is 6.94. The molecule has 9 heteroatoms. The van der Waals surface area contributed by atoms with E-state index in [9.17, 15) is 27.2 Å². The van der Waals surface area contributed by atoms with Gasteiger partial charge in [-0.1, -0.05) is 6.58 Å².